The second kappa shape index (κ2) is 8.16. The standard InChI is InChI=1S/C7H12N2OS.C2H6/c1-8-6(4-10)2-7-3-9-5-11-7;1-2/h3,5-6,8,10H,2,4H2,1H3;1-2H3. The fraction of sp³-hybridized carbons (Fsp3) is 0.667. The maximum atomic E-state index is 8.85. The Bertz CT molecular complexity index is 186. The third-order valence-corrected chi connectivity index (χ3v) is 2.36. The Hall–Kier alpha value is -0.450. The molecule has 0 saturated heterocycles. The van der Waals surface area contributed by atoms with Crippen molar-refractivity contribution in [3.63, 3.8) is 0 Å². The lowest BCUT2D eigenvalue weighted by molar-refractivity contribution is 0.248. The number of hydrogen-bond acceptors (Lipinski definition) is 4. The van der Waals surface area contributed by atoms with Gasteiger partial charge in [0, 0.05) is 23.5 Å². The van der Waals surface area contributed by atoms with Crippen molar-refractivity contribution in [2.24, 2.45) is 0 Å². The van der Waals surface area contributed by atoms with Crippen LogP contribution in [-0.2, 0) is 6.42 Å². The first-order valence-corrected chi connectivity index (χ1v) is 5.40. The molecule has 0 aromatic carbocycles. The molecule has 0 aliphatic carbocycles. The van der Waals surface area contributed by atoms with Crippen molar-refractivity contribution < 1.29 is 5.11 Å². The van der Waals surface area contributed by atoms with E-state index in [4.69, 9.17) is 5.11 Å². The Morgan fingerprint density at radius 1 is 1.62 bits per heavy atom. The highest BCUT2D eigenvalue weighted by molar-refractivity contribution is 7.09. The van der Waals surface area contributed by atoms with Gasteiger partial charge in [0.25, 0.3) is 0 Å². The molecule has 4 heteroatoms. The van der Waals surface area contributed by atoms with Gasteiger partial charge in [-0.05, 0) is 7.05 Å². The van der Waals surface area contributed by atoms with E-state index in [1.807, 2.05) is 27.1 Å². The molecule has 2 N–H and O–H groups in total. The summed E-state index contributed by atoms with van der Waals surface area (Å²) >= 11 is 1.62. The number of rotatable bonds is 4. The molecule has 76 valence electrons. The van der Waals surface area contributed by atoms with Gasteiger partial charge in [0.1, 0.15) is 0 Å². The minimum absolute atomic E-state index is 0.162. The van der Waals surface area contributed by atoms with Crippen LogP contribution in [0.4, 0.5) is 0 Å². The van der Waals surface area contributed by atoms with Crippen LogP contribution in [-0.4, -0.2) is 29.8 Å². The predicted octanol–water partition coefficient (Wildman–Crippen LogP) is 1.29. The van der Waals surface area contributed by atoms with Crippen LogP contribution in [0.1, 0.15) is 18.7 Å². The van der Waals surface area contributed by atoms with Gasteiger partial charge in [0.2, 0.25) is 0 Å². The summed E-state index contributed by atoms with van der Waals surface area (Å²) < 4.78 is 0. The van der Waals surface area contributed by atoms with E-state index in [0.717, 1.165) is 6.42 Å². The smallest absolute Gasteiger partial charge is 0.0794 e. The Labute approximate surface area is 83.8 Å². The van der Waals surface area contributed by atoms with Crippen LogP contribution in [0.25, 0.3) is 0 Å². The molecule has 3 nitrogen and oxygen atoms in total. The predicted molar refractivity (Wildman–Crippen MR) is 57.1 cm³/mol. The highest BCUT2D eigenvalue weighted by atomic mass is 32.1. The van der Waals surface area contributed by atoms with Gasteiger partial charge in [0.15, 0.2) is 0 Å². The maximum absolute atomic E-state index is 8.85. The summed E-state index contributed by atoms with van der Waals surface area (Å²) in [5.41, 5.74) is 1.80. The van der Waals surface area contributed by atoms with E-state index in [0.29, 0.717) is 0 Å². The van der Waals surface area contributed by atoms with Crippen molar-refractivity contribution in [1.29, 1.82) is 0 Å². The van der Waals surface area contributed by atoms with Gasteiger partial charge in [0.05, 0.1) is 12.1 Å². The van der Waals surface area contributed by atoms with Crippen LogP contribution in [0.2, 0.25) is 0 Å². The molecule has 1 atom stereocenters. The molecule has 0 saturated carbocycles. The average Bonchev–Trinajstić information content (AvgIpc) is 2.70. The lowest BCUT2D eigenvalue weighted by atomic mass is 10.2. The summed E-state index contributed by atoms with van der Waals surface area (Å²) in [5, 5.41) is 11.9. The van der Waals surface area contributed by atoms with E-state index in [1.165, 1.54) is 4.88 Å². The van der Waals surface area contributed by atoms with Crippen molar-refractivity contribution in [2.45, 2.75) is 26.3 Å². The Balaban J connectivity index is 0.000000671. The van der Waals surface area contributed by atoms with Gasteiger partial charge in [-0.1, -0.05) is 13.8 Å². The molecular formula is C9H18N2OS. The lowest BCUT2D eigenvalue weighted by Gasteiger charge is -2.10. The van der Waals surface area contributed by atoms with Crippen LogP contribution < -0.4 is 5.32 Å². The summed E-state index contributed by atoms with van der Waals surface area (Å²) in [5.74, 6) is 0. The van der Waals surface area contributed by atoms with Crippen molar-refractivity contribution in [1.82, 2.24) is 10.3 Å². The molecule has 0 radical (unpaired) electrons. The van der Waals surface area contributed by atoms with E-state index in [9.17, 15) is 0 Å². The molecular weight excluding hydrogens is 184 g/mol. The molecule has 1 aromatic rings. The van der Waals surface area contributed by atoms with E-state index in [1.54, 1.807) is 16.8 Å². The summed E-state index contributed by atoms with van der Waals surface area (Å²) in [6.07, 6.45) is 2.70. The number of aromatic nitrogens is 1. The zero-order chi connectivity index (χ0) is 10.1. The SMILES string of the molecule is CC.CNC(CO)Cc1cncs1. The number of nitrogens with one attached hydrogen (secondary N) is 1. The number of likely N-dealkylation sites (N-methyl/N-ethyl adjacent to an activating group) is 1. The van der Waals surface area contributed by atoms with E-state index < -0.39 is 0 Å². The lowest BCUT2D eigenvalue weighted by Crippen LogP contribution is -2.30. The van der Waals surface area contributed by atoms with Gasteiger partial charge in [-0.25, -0.2) is 0 Å². The van der Waals surface area contributed by atoms with Crippen LogP contribution >= 0.6 is 11.3 Å². The normalized spacial score (nSPS) is 11.7. The number of aliphatic hydroxyl groups excluding tert-OH is 1. The van der Waals surface area contributed by atoms with Crippen molar-refractivity contribution in [3.8, 4) is 0 Å². The minimum atomic E-state index is 0.162. The van der Waals surface area contributed by atoms with Crippen LogP contribution in [0, 0.1) is 0 Å². The molecule has 0 aliphatic heterocycles. The van der Waals surface area contributed by atoms with Crippen LogP contribution in [0.3, 0.4) is 0 Å². The molecule has 13 heavy (non-hydrogen) atoms. The zero-order valence-electron chi connectivity index (χ0n) is 8.45. The number of hydrogen-bond donors (Lipinski definition) is 2. The van der Waals surface area contributed by atoms with Gasteiger partial charge in [-0.3, -0.25) is 4.98 Å². The Morgan fingerprint density at radius 2 is 2.31 bits per heavy atom. The maximum Gasteiger partial charge on any atom is 0.0794 e. The summed E-state index contributed by atoms with van der Waals surface area (Å²) in [7, 11) is 1.85. The average molecular weight is 202 g/mol. The van der Waals surface area contributed by atoms with Crippen LogP contribution in [0.15, 0.2) is 11.7 Å². The quantitative estimate of drug-likeness (QED) is 0.773. The Kier molecular flexibility index (Phi) is 7.88. The molecule has 1 aromatic heterocycles. The summed E-state index contributed by atoms with van der Waals surface area (Å²) in [6.45, 7) is 4.18. The molecule has 0 amide bonds. The van der Waals surface area contributed by atoms with Gasteiger partial charge in [-0.2, -0.15) is 0 Å². The Morgan fingerprint density at radius 3 is 2.69 bits per heavy atom. The van der Waals surface area contributed by atoms with E-state index >= 15 is 0 Å². The molecule has 0 bridgehead atoms. The monoisotopic (exact) mass is 202 g/mol. The van der Waals surface area contributed by atoms with Gasteiger partial charge < -0.3 is 10.4 Å². The van der Waals surface area contributed by atoms with Crippen molar-refractivity contribution >= 4 is 11.3 Å². The highest BCUT2D eigenvalue weighted by Crippen LogP contribution is 2.07. The second-order valence-electron chi connectivity index (χ2n) is 2.34. The molecule has 1 heterocycles. The molecule has 1 rings (SSSR count). The minimum Gasteiger partial charge on any atom is -0.395 e. The van der Waals surface area contributed by atoms with E-state index in [-0.39, 0.29) is 12.6 Å². The van der Waals surface area contributed by atoms with Crippen molar-refractivity contribution in [2.75, 3.05) is 13.7 Å². The van der Waals surface area contributed by atoms with Crippen LogP contribution in [0.5, 0.6) is 0 Å². The third-order valence-electron chi connectivity index (χ3n) is 1.56. The number of thiazole rings is 1. The summed E-state index contributed by atoms with van der Waals surface area (Å²) in [6, 6.07) is 0.162. The van der Waals surface area contributed by atoms with Crippen molar-refractivity contribution in [3.05, 3.63) is 16.6 Å². The first kappa shape index (κ1) is 12.6. The fourth-order valence-corrected chi connectivity index (χ4v) is 1.52. The molecule has 0 aliphatic rings. The van der Waals surface area contributed by atoms with Gasteiger partial charge >= 0.3 is 0 Å². The fourth-order valence-electron chi connectivity index (χ4n) is 0.844. The first-order valence-electron chi connectivity index (χ1n) is 4.52. The molecule has 0 fully saturated rings. The zero-order valence-corrected chi connectivity index (χ0v) is 9.27. The number of aliphatic hydroxyl groups is 1. The second-order valence-corrected chi connectivity index (χ2v) is 3.31. The number of nitrogens with zero attached hydrogens (tertiary/aromatic N) is 1. The largest absolute Gasteiger partial charge is 0.395 e. The van der Waals surface area contributed by atoms with Gasteiger partial charge in [-0.15, -0.1) is 11.3 Å². The highest BCUT2D eigenvalue weighted by Gasteiger charge is 2.05. The molecule has 0 spiro atoms. The first-order chi connectivity index (χ1) is 6.36. The molecule has 1 unspecified atom stereocenters. The topological polar surface area (TPSA) is 45.1 Å². The summed E-state index contributed by atoms with van der Waals surface area (Å²) in [4.78, 5) is 5.16. The third kappa shape index (κ3) is 4.98. The van der Waals surface area contributed by atoms with E-state index in [2.05, 4.69) is 10.3 Å².